The molecule has 4 rings (SSSR count). The Morgan fingerprint density at radius 2 is 2.15 bits per heavy atom. The van der Waals surface area contributed by atoms with Gasteiger partial charge in [-0.15, -0.1) is 0 Å². The second-order valence-corrected chi connectivity index (χ2v) is 7.35. The summed E-state index contributed by atoms with van der Waals surface area (Å²) in [5.74, 6) is 1.34. The minimum atomic E-state index is -0.573. The number of likely N-dealkylation sites (tertiary alicyclic amines) is 1. The van der Waals surface area contributed by atoms with Crippen LogP contribution in [0.3, 0.4) is 0 Å². The molecule has 1 saturated heterocycles. The van der Waals surface area contributed by atoms with Crippen LogP contribution in [0.25, 0.3) is 0 Å². The molecule has 7 heteroatoms. The number of rotatable bonds is 4. The van der Waals surface area contributed by atoms with Crippen LogP contribution >= 0.6 is 0 Å². The molecule has 0 radical (unpaired) electrons. The maximum Gasteiger partial charge on any atom is 0.226 e. The average Bonchev–Trinajstić information content (AvgIpc) is 3.30. The molecule has 1 amide bonds. The molecule has 2 aromatic heterocycles. The quantitative estimate of drug-likeness (QED) is 0.902. The number of aromatic nitrogens is 2. The zero-order valence-electron chi connectivity index (χ0n) is 15.2. The van der Waals surface area contributed by atoms with Crippen LogP contribution in [0.15, 0.2) is 28.9 Å². The number of nitrogens with zero attached hydrogens (tertiary/aromatic N) is 4. The van der Waals surface area contributed by atoms with Gasteiger partial charge in [0.2, 0.25) is 5.91 Å². The van der Waals surface area contributed by atoms with Crippen molar-refractivity contribution in [3.05, 3.63) is 41.6 Å². The van der Waals surface area contributed by atoms with Gasteiger partial charge >= 0.3 is 0 Å². The molecule has 1 N–H and O–H groups in total. The van der Waals surface area contributed by atoms with Crippen molar-refractivity contribution < 1.29 is 14.3 Å². The lowest BCUT2D eigenvalue weighted by Gasteiger charge is -2.35. The van der Waals surface area contributed by atoms with Crippen LogP contribution in [-0.2, 0) is 24.4 Å². The molecular formula is C19H26N4O3. The van der Waals surface area contributed by atoms with Crippen LogP contribution in [0.4, 0.5) is 0 Å². The van der Waals surface area contributed by atoms with Crippen LogP contribution in [0.2, 0.25) is 0 Å². The molecule has 2 aliphatic heterocycles. The van der Waals surface area contributed by atoms with E-state index < -0.39 is 6.10 Å². The number of aliphatic hydroxyl groups excluding tert-OH is 1. The highest BCUT2D eigenvalue weighted by Crippen LogP contribution is 2.24. The Bertz CT molecular complexity index is 745. The summed E-state index contributed by atoms with van der Waals surface area (Å²) in [5.41, 5.74) is 1.69. The van der Waals surface area contributed by atoms with Gasteiger partial charge in [0.05, 0.1) is 43.4 Å². The summed E-state index contributed by atoms with van der Waals surface area (Å²) in [6, 6.07) is 5.82. The first-order valence-corrected chi connectivity index (χ1v) is 9.38. The van der Waals surface area contributed by atoms with Gasteiger partial charge in [-0.3, -0.25) is 14.4 Å². The summed E-state index contributed by atoms with van der Waals surface area (Å²) in [7, 11) is 0. The summed E-state index contributed by atoms with van der Waals surface area (Å²) in [4.78, 5) is 17.2. The number of amides is 1. The third kappa shape index (κ3) is 3.54. The highest BCUT2D eigenvalue weighted by molar-refractivity contribution is 5.79. The Kier molecular flexibility index (Phi) is 4.82. The van der Waals surface area contributed by atoms with E-state index in [4.69, 9.17) is 4.42 Å². The van der Waals surface area contributed by atoms with E-state index in [9.17, 15) is 9.90 Å². The molecule has 1 atom stereocenters. The zero-order valence-corrected chi connectivity index (χ0v) is 15.2. The Morgan fingerprint density at radius 1 is 1.35 bits per heavy atom. The van der Waals surface area contributed by atoms with Gasteiger partial charge in [-0.25, -0.2) is 0 Å². The van der Waals surface area contributed by atoms with Crippen molar-refractivity contribution in [2.24, 2.45) is 5.92 Å². The minimum absolute atomic E-state index is 0.105. The van der Waals surface area contributed by atoms with Gasteiger partial charge < -0.3 is 14.4 Å². The number of hydrogen-bond acceptors (Lipinski definition) is 5. The lowest BCUT2D eigenvalue weighted by atomic mass is 9.95. The highest BCUT2D eigenvalue weighted by Gasteiger charge is 2.31. The topological polar surface area (TPSA) is 74.7 Å². The van der Waals surface area contributed by atoms with Crippen molar-refractivity contribution >= 4 is 5.91 Å². The number of aliphatic hydroxyl groups is 1. The van der Waals surface area contributed by atoms with E-state index in [0.717, 1.165) is 43.9 Å². The molecule has 26 heavy (non-hydrogen) atoms. The van der Waals surface area contributed by atoms with Gasteiger partial charge in [-0.2, -0.15) is 5.10 Å². The van der Waals surface area contributed by atoms with E-state index in [1.54, 1.807) is 13.2 Å². The number of furan rings is 1. The van der Waals surface area contributed by atoms with Gasteiger partial charge in [0.15, 0.2) is 0 Å². The lowest BCUT2D eigenvalue weighted by Crippen LogP contribution is -2.45. The van der Waals surface area contributed by atoms with E-state index in [2.05, 4.69) is 10.00 Å². The summed E-state index contributed by atoms with van der Waals surface area (Å²) in [5, 5.41) is 14.1. The zero-order chi connectivity index (χ0) is 18.1. The van der Waals surface area contributed by atoms with Crippen molar-refractivity contribution in [1.82, 2.24) is 19.6 Å². The molecule has 2 aromatic rings. The number of piperidine rings is 1. The van der Waals surface area contributed by atoms with Crippen LogP contribution in [-0.4, -0.2) is 50.2 Å². The summed E-state index contributed by atoms with van der Waals surface area (Å²) in [6.07, 6.45) is 2.92. The van der Waals surface area contributed by atoms with Crippen LogP contribution in [0.1, 0.15) is 43.0 Å². The smallest absolute Gasteiger partial charge is 0.226 e. The molecule has 4 heterocycles. The maximum absolute atomic E-state index is 12.9. The second-order valence-electron chi connectivity index (χ2n) is 7.35. The predicted octanol–water partition coefficient (Wildman–Crippen LogP) is 1.78. The minimum Gasteiger partial charge on any atom is -0.468 e. The number of hydrogen-bond donors (Lipinski definition) is 1. The van der Waals surface area contributed by atoms with Crippen molar-refractivity contribution in [2.75, 3.05) is 19.6 Å². The van der Waals surface area contributed by atoms with Crippen molar-refractivity contribution in [2.45, 2.75) is 45.5 Å². The van der Waals surface area contributed by atoms with E-state index in [1.165, 1.54) is 0 Å². The maximum atomic E-state index is 12.9. The first kappa shape index (κ1) is 17.3. The van der Waals surface area contributed by atoms with E-state index in [-0.39, 0.29) is 11.8 Å². The predicted molar refractivity (Wildman–Crippen MR) is 95.0 cm³/mol. The summed E-state index contributed by atoms with van der Waals surface area (Å²) in [6.45, 7) is 6.37. The molecule has 0 spiro atoms. The van der Waals surface area contributed by atoms with E-state index in [0.29, 0.717) is 25.3 Å². The number of carbonyl (C=O) groups excluding carboxylic acids is 1. The Balaban J connectivity index is 1.32. The molecule has 7 nitrogen and oxygen atoms in total. The van der Waals surface area contributed by atoms with E-state index >= 15 is 0 Å². The Morgan fingerprint density at radius 3 is 2.85 bits per heavy atom. The summed E-state index contributed by atoms with van der Waals surface area (Å²) >= 11 is 0. The van der Waals surface area contributed by atoms with Crippen molar-refractivity contribution in [3.8, 4) is 0 Å². The SMILES string of the molecule is C[C@@H](O)c1cc2n(n1)CCN(C(=O)C1CCN(Cc3ccco3)CC1)C2. The first-order valence-electron chi connectivity index (χ1n) is 9.38. The average molecular weight is 358 g/mol. The van der Waals surface area contributed by atoms with Crippen molar-refractivity contribution in [3.63, 3.8) is 0 Å². The summed E-state index contributed by atoms with van der Waals surface area (Å²) < 4.78 is 7.33. The van der Waals surface area contributed by atoms with Gasteiger partial charge in [0.25, 0.3) is 0 Å². The molecule has 0 saturated carbocycles. The molecule has 1 fully saturated rings. The second kappa shape index (κ2) is 7.25. The first-order chi connectivity index (χ1) is 12.6. The van der Waals surface area contributed by atoms with Gasteiger partial charge in [0.1, 0.15) is 5.76 Å². The van der Waals surface area contributed by atoms with Gasteiger partial charge in [-0.05, 0) is 51.1 Å². The third-order valence-corrected chi connectivity index (χ3v) is 5.45. The standard InChI is InChI=1S/C19H26N4O3/c1-14(24)18-11-16-12-22(8-9-23(16)20-18)19(25)15-4-6-21(7-5-15)13-17-3-2-10-26-17/h2-3,10-11,14-15,24H,4-9,12-13H2,1H3/t14-/m1/s1. The van der Waals surface area contributed by atoms with Crippen LogP contribution in [0, 0.1) is 5.92 Å². The highest BCUT2D eigenvalue weighted by atomic mass is 16.3. The Labute approximate surface area is 153 Å². The molecule has 0 bridgehead atoms. The lowest BCUT2D eigenvalue weighted by molar-refractivity contribution is -0.138. The van der Waals surface area contributed by atoms with E-state index in [1.807, 2.05) is 27.8 Å². The van der Waals surface area contributed by atoms with Crippen LogP contribution in [0.5, 0.6) is 0 Å². The largest absolute Gasteiger partial charge is 0.468 e. The monoisotopic (exact) mass is 358 g/mol. The fraction of sp³-hybridized carbons (Fsp3) is 0.579. The molecule has 0 aliphatic carbocycles. The van der Waals surface area contributed by atoms with Gasteiger partial charge in [-0.1, -0.05) is 0 Å². The molecule has 0 unspecified atom stereocenters. The van der Waals surface area contributed by atoms with Crippen molar-refractivity contribution in [1.29, 1.82) is 0 Å². The number of carbonyl (C=O) groups is 1. The molecule has 140 valence electrons. The molecule has 2 aliphatic rings. The molecular weight excluding hydrogens is 332 g/mol. The number of fused-ring (bicyclic) bond motifs is 1. The fourth-order valence-corrected chi connectivity index (χ4v) is 3.90. The Hall–Kier alpha value is -2.12. The normalized spacial score (nSPS) is 20.2. The van der Waals surface area contributed by atoms with Gasteiger partial charge in [0, 0.05) is 12.5 Å². The van der Waals surface area contributed by atoms with Crippen LogP contribution < -0.4 is 0 Å². The third-order valence-electron chi connectivity index (χ3n) is 5.45. The fourth-order valence-electron chi connectivity index (χ4n) is 3.90. The molecule has 0 aromatic carbocycles.